The zero-order valence-corrected chi connectivity index (χ0v) is 11.8. The minimum absolute atomic E-state index is 0.395. The molecule has 0 saturated carbocycles. The molecule has 5 nitrogen and oxygen atoms in total. The van der Waals surface area contributed by atoms with E-state index in [0.717, 1.165) is 11.3 Å². The molecule has 4 N–H and O–H groups in total. The Hall–Kier alpha value is -1.75. The van der Waals surface area contributed by atoms with Gasteiger partial charge >= 0.3 is 6.09 Å². The number of nitrogens with one attached hydrogen (secondary N) is 2. The number of para-hydroxylation sites is 1. The first-order valence-corrected chi connectivity index (χ1v) is 6.39. The van der Waals surface area contributed by atoms with Crippen LogP contribution in [0, 0.1) is 0 Å². The van der Waals surface area contributed by atoms with E-state index in [4.69, 9.17) is 10.5 Å². The van der Waals surface area contributed by atoms with E-state index in [-0.39, 0.29) is 0 Å². The Morgan fingerprint density at radius 1 is 1.26 bits per heavy atom. The molecule has 0 radical (unpaired) electrons. The van der Waals surface area contributed by atoms with E-state index in [1.54, 1.807) is 0 Å². The first-order valence-electron chi connectivity index (χ1n) is 6.39. The summed E-state index contributed by atoms with van der Waals surface area (Å²) in [6.45, 7) is 7.37. The zero-order valence-electron chi connectivity index (χ0n) is 11.8. The number of anilines is 1. The van der Waals surface area contributed by atoms with Gasteiger partial charge in [-0.1, -0.05) is 18.2 Å². The lowest BCUT2D eigenvalue weighted by Crippen LogP contribution is -2.36. The van der Waals surface area contributed by atoms with Crippen molar-refractivity contribution in [2.75, 3.05) is 18.8 Å². The quantitative estimate of drug-likeness (QED) is 0.561. The summed E-state index contributed by atoms with van der Waals surface area (Å²) in [5.74, 6) is 0. The van der Waals surface area contributed by atoms with Crippen LogP contribution in [0.1, 0.15) is 26.3 Å². The topological polar surface area (TPSA) is 76.4 Å². The Kier molecular flexibility index (Phi) is 5.63. The molecule has 1 rings (SSSR count). The summed E-state index contributed by atoms with van der Waals surface area (Å²) < 4.78 is 5.12. The molecule has 0 saturated heterocycles. The second-order valence-corrected chi connectivity index (χ2v) is 5.30. The van der Waals surface area contributed by atoms with Gasteiger partial charge in [-0.25, -0.2) is 4.79 Å². The average Bonchev–Trinajstić information content (AvgIpc) is 2.28. The highest BCUT2D eigenvalue weighted by molar-refractivity contribution is 5.67. The third-order valence-corrected chi connectivity index (χ3v) is 2.34. The van der Waals surface area contributed by atoms with E-state index >= 15 is 0 Å². The summed E-state index contributed by atoms with van der Waals surface area (Å²) in [5.41, 5.74) is 7.19. The number of benzene rings is 1. The van der Waals surface area contributed by atoms with Crippen LogP contribution < -0.4 is 16.4 Å². The van der Waals surface area contributed by atoms with Crippen LogP contribution in [0.15, 0.2) is 24.3 Å². The Morgan fingerprint density at radius 3 is 2.58 bits per heavy atom. The lowest BCUT2D eigenvalue weighted by Gasteiger charge is -2.19. The molecule has 0 aliphatic carbocycles. The molecule has 106 valence electrons. The van der Waals surface area contributed by atoms with Crippen molar-refractivity contribution in [3.05, 3.63) is 29.8 Å². The minimum Gasteiger partial charge on any atom is -0.444 e. The maximum atomic E-state index is 11.4. The van der Waals surface area contributed by atoms with Gasteiger partial charge in [-0.05, 0) is 32.4 Å². The number of nitrogen functional groups attached to an aromatic ring is 1. The number of alkyl carbamates (subject to hydrolysis) is 1. The van der Waals surface area contributed by atoms with Gasteiger partial charge < -0.3 is 21.1 Å². The van der Waals surface area contributed by atoms with Gasteiger partial charge in [0.1, 0.15) is 5.60 Å². The fourth-order valence-electron chi connectivity index (χ4n) is 1.49. The van der Waals surface area contributed by atoms with Crippen molar-refractivity contribution in [2.45, 2.75) is 32.9 Å². The Labute approximate surface area is 114 Å². The van der Waals surface area contributed by atoms with E-state index in [2.05, 4.69) is 10.6 Å². The highest BCUT2D eigenvalue weighted by Gasteiger charge is 2.15. The van der Waals surface area contributed by atoms with E-state index < -0.39 is 11.7 Å². The summed E-state index contributed by atoms with van der Waals surface area (Å²) >= 11 is 0. The summed E-state index contributed by atoms with van der Waals surface area (Å²) in [4.78, 5) is 11.4. The normalized spacial score (nSPS) is 11.1. The molecule has 0 aliphatic heterocycles. The van der Waals surface area contributed by atoms with Crippen LogP contribution in [0.4, 0.5) is 10.5 Å². The number of ether oxygens (including phenoxy) is 1. The zero-order chi connectivity index (χ0) is 14.3. The summed E-state index contributed by atoms with van der Waals surface area (Å²) in [6.07, 6.45) is -0.395. The molecule has 5 heteroatoms. The minimum atomic E-state index is -0.462. The van der Waals surface area contributed by atoms with E-state index in [9.17, 15) is 4.79 Å². The van der Waals surface area contributed by atoms with Gasteiger partial charge in [0.2, 0.25) is 0 Å². The number of carbonyl (C=O) groups is 1. The van der Waals surface area contributed by atoms with Crippen LogP contribution in [0.2, 0.25) is 0 Å². The van der Waals surface area contributed by atoms with E-state index in [1.165, 1.54) is 0 Å². The average molecular weight is 265 g/mol. The van der Waals surface area contributed by atoms with Gasteiger partial charge in [0, 0.05) is 25.3 Å². The predicted octanol–water partition coefficient (Wildman–Crippen LogP) is 1.88. The third kappa shape index (κ3) is 6.67. The van der Waals surface area contributed by atoms with Crippen molar-refractivity contribution < 1.29 is 9.53 Å². The highest BCUT2D eigenvalue weighted by atomic mass is 16.6. The molecule has 0 aromatic heterocycles. The molecule has 0 bridgehead atoms. The number of rotatable bonds is 5. The van der Waals surface area contributed by atoms with Crippen molar-refractivity contribution in [3.8, 4) is 0 Å². The molecule has 0 spiro atoms. The fourth-order valence-corrected chi connectivity index (χ4v) is 1.49. The molecular formula is C14H23N3O2. The monoisotopic (exact) mass is 265 g/mol. The summed E-state index contributed by atoms with van der Waals surface area (Å²) in [5, 5.41) is 5.90. The van der Waals surface area contributed by atoms with Gasteiger partial charge in [-0.3, -0.25) is 0 Å². The summed E-state index contributed by atoms with van der Waals surface area (Å²) in [7, 11) is 0. The smallest absolute Gasteiger partial charge is 0.407 e. The van der Waals surface area contributed by atoms with Crippen LogP contribution in [0.3, 0.4) is 0 Å². The molecule has 1 aromatic carbocycles. The molecule has 0 fully saturated rings. The lowest BCUT2D eigenvalue weighted by molar-refractivity contribution is 0.0528. The van der Waals surface area contributed by atoms with Crippen molar-refractivity contribution in [3.63, 3.8) is 0 Å². The van der Waals surface area contributed by atoms with Crippen molar-refractivity contribution >= 4 is 11.8 Å². The van der Waals surface area contributed by atoms with E-state index in [1.807, 2.05) is 45.0 Å². The fraction of sp³-hybridized carbons (Fsp3) is 0.500. The molecule has 0 aliphatic rings. The van der Waals surface area contributed by atoms with Crippen LogP contribution in [0.5, 0.6) is 0 Å². The molecule has 1 aromatic rings. The third-order valence-electron chi connectivity index (χ3n) is 2.34. The van der Waals surface area contributed by atoms with Crippen LogP contribution in [0.25, 0.3) is 0 Å². The molecule has 1 amide bonds. The number of hydrogen-bond donors (Lipinski definition) is 3. The van der Waals surface area contributed by atoms with Crippen LogP contribution in [-0.2, 0) is 11.3 Å². The number of nitrogens with two attached hydrogens (primary N) is 1. The van der Waals surface area contributed by atoms with E-state index in [0.29, 0.717) is 19.6 Å². The van der Waals surface area contributed by atoms with Gasteiger partial charge in [0.15, 0.2) is 0 Å². The summed E-state index contributed by atoms with van der Waals surface area (Å²) in [6, 6.07) is 7.70. The molecule has 0 atom stereocenters. The second-order valence-electron chi connectivity index (χ2n) is 5.30. The standard InChI is InChI=1S/C14H23N3O2/c1-14(2,3)19-13(18)17-9-8-16-10-11-6-4-5-7-12(11)15/h4-7,16H,8-10,15H2,1-3H3,(H,17,18). The molecule has 19 heavy (non-hydrogen) atoms. The van der Waals surface area contributed by atoms with Crippen molar-refractivity contribution in [2.24, 2.45) is 0 Å². The maximum absolute atomic E-state index is 11.4. The second kappa shape index (κ2) is 6.99. The number of carbonyl (C=O) groups excluding carboxylic acids is 1. The molecule has 0 heterocycles. The Balaban J connectivity index is 2.15. The van der Waals surface area contributed by atoms with Crippen LogP contribution in [-0.4, -0.2) is 24.8 Å². The Bertz CT molecular complexity index is 413. The highest BCUT2D eigenvalue weighted by Crippen LogP contribution is 2.09. The SMILES string of the molecule is CC(C)(C)OC(=O)NCCNCc1ccccc1N. The first-order chi connectivity index (χ1) is 8.88. The van der Waals surface area contributed by atoms with Crippen LogP contribution >= 0.6 is 0 Å². The first kappa shape index (κ1) is 15.3. The lowest BCUT2D eigenvalue weighted by atomic mass is 10.2. The van der Waals surface area contributed by atoms with Gasteiger partial charge in [0.25, 0.3) is 0 Å². The predicted molar refractivity (Wildman–Crippen MR) is 76.8 cm³/mol. The van der Waals surface area contributed by atoms with Gasteiger partial charge in [-0.2, -0.15) is 0 Å². The van der Waals surface area contributed by atoms with Crippen molar-refractivity contribution in [1.29, 1.82) is 0 Å². The molecular weight excluding hydrogens is 242 g/mol. The maximum Gasteiger partial charge on any atom is 0.407 e. The van der Waals surface area contributed by atoms with Gasteiger partial charge in [-0.15, -0.1) is 0 Å². The number of hydrogen-bond acceptors (Lipinski definition) is 4. The van der Waals surface area contributed by atoms with Gasteiger partial charge in [0.05, 0.1) is 0 Å². The molecule has 0 unspecified atom stereocenters. The largest absolute Gasteiger partial charge is 0.444 e. The van der Waals surface area contributed by atoms with Crippen molar-refractivity contribution in [1.82, 2.24) is 10.6 Å². The Morgan fingerprint density at radius 2 is 1.95 bits per heavy atom. The number of amides is 1.